The summed E-state index contributed by atoms with van der Waals surface area (Å²) in [6.07, 6.45) is 0. The second-order valence-corrected chi connectivity index (χ2v) is 7.41. The Labute approximate surface area is 179 Å². The zero-order valence-electron chi connectivity index (χ0n) is 16.0. The summed E-state index contributed by atoms with van der Waals surface area (Å²) in [5.41, 5.74) is 14.4. The molecule has 29 heavy (non-hydrogen) atoms. The minimum atomic E-state index is 0.291. The first-order valence-corrected chi connectivity index (χ1v) is 10.0. The fraction of sp³-hybridized carbons (Fsp3) is 0.143. The van der Waals surface area contributed by atoms with E-state index in [4.69, 9.17) is 27.3 Å². The standard InChI is InChI=1S/C21H20ClN5OS/c1-13(24)19(14(2)25-17-6-3-16(10-23)20(22)9-17)11-28-18-7-4-15(5-8-18)21-12-29-27-26-21/h3-9,12,26-27H,11,24H2,1-2H3. The Morgan fingerprint density at radius 2 is 2.00 bits per heavy atom. The highest BCUT2D eigenvalue weighted by molar-refractivity contribution is 8.00. The van der Waals surface area contributed by atoms with Gasteiger partial charge in [0.15, 0.2) is 0 Å². The number of nitrogens with zero attached hydrogens (tertiary/aromatic N) is 2. The molecule has 1 aliphatic heterocycles. The van der Waals surface area contributed by atoms with Crippen LogP contribution in [0.4, 0.5) is 5.69 Å². The summed E-state index contributed by atoms with van der Waals surface area (Å²) in [4.78, 5) is 7.54. The van der Waals surface area contributed by atoms with Crippen LogP contribution in [-0.2, 0) is 0 Å². The highest BCUT2D eigenvalue weighted by atomic mass is 35.5. The Kier molecular flexibility index (Phi) is 6.83. The lowest BCUT2D eigenvalue weighted by Crippen LogP contribution is -2.17. The highest BCUT2D eigenvalue weighted by Gasteiger charge is 2.10. The number of nitrogens with one attached hydrogen (secondary N) is 2. The highest BCUT2D eigenvalue weighted by Crippen LogP contribution is 2.24. The molecule has 0 saturated heterocycles. The van der Waals surface area contributed by atoms with Gasteiger partial charge >= 0.3 is 0 Å². The first-order chi connectivity index (χ1) is 14.0. The molecule has 2 aromatic carbocycles. The van der Waals surface area contributed by atoms with E-state index in [9.17, 15) is 0 Å². The SMILES string of the molecule is CC(=Nc1ccc(C#N)c(Cl)c1)C(COc1ccc(C2=CSNN2)cc1)=C(C)N. The molecule has 1 aliphatic rings. The molecule has 1 heterocycles. The van der Waals surface area contributed by atoms with Crippen LogP contribution in [0.5, 0.6) is 5.75 Å². The molecule has 0 spiro atoms. The quantitative estimate of drug-likeness (QED) is 0.459. The van der Waals surface area contributed by atoms with E-state index < -0.39 is 0 Å². The fourth-order valence-electron chi connectivity index (χ4n) is 2.66. The van der Waals surface area contributed by atoms with E-state index in [1.165, 1.54) is 11.9 Å². The Hall–Kier alpha value is -2.92. The summed E-state index contributed by atoms with van der Waals surface area (Å²) in [5.74, 6) is 0.737. The van der Waals surface area contributed by atoms with E-state index in [2.05, 4.69) is 15.2 Å². The van der Waals surface area contributed by atoms with Crippen molar-refractivity contribution in [3.63, 3.8) is 0 Å². The van der Waals surface area contributed by atoms with Gasteiger partial charge in [-0.25, -0.2) is 0 Å². The molecule has 2 aromatic rings. The minimum Gasteiger partial charge on any atom is -0.489 e. The third kappa shape index (κ3) is 5.33. The number of nitrogens with two attached hydrogens (primary N) is 1. The number of nitriles is 1. The van der Waals surface area contributed by atoms with Crippen LogP contribution < -0.4 is 20.7 Å². The number of halogens is 1. The molecule has 0 atom stereocenters. The van der Waals surface area contributed by atoms with E-state index >= 15 is 0 Å². The largest absolute Gasteiger partial charge is 0.489 e. The first kappa shape index (κ1) is 20.8. The monoisotopic (exact) mass is 425 g/mol. The Morgan fingerprint density at radius 1 is 1.24 bits per heavy atom. The molecule has 0 saturated carbocycles. The summed E-state index contributed by atoms with van der Waals surface area (Å²) in [7, 11) is 0. The van der Waals surface area contributed by atoms with Crippen molar-refractivity contribution >= 4 is 40.6 Å². The van der Waals surface area contributed by atoms with E-state index in [0.29, 0.717) is 28.6 Å². The smallest absolute Gasteiger partial charge is 0.119 e. The third-order valence-electron chi connectivity index (χ3n) is 4.25. The molecule has 0 radical (unpaired) electrons. The zero-order valence-corrected chi connectivity index (χ0v) is 17.6. The predicted molar refractivity (Wildman–Crippen MR) is 120 cm³/mol. The summed E-state index contributed by atoms with van der Waals surface area (Å²) in [5, 5.41) is 11.4. The van der Waals surface area contributed by atoms with Crippen molar-refractivity contribution in [2.45, 2.75) is 13.8 Å². The molecule has 8 heteroatoms. The molecule has 0 aliphatic carbocycles. The molecule has 0 amide bonds. The number of ether oxygens (including phenoxy) is 1. The molecule has 4 N–H and O–H groups in total. The molecular weight excluding hydrogens is 406 g/mol. The van der Waals surface area contributed by atoms with Crippen LogP contribution in [0, 0.1) is 11.3 Å². The number of hydrogen-bond donors (Lipinski definition) is 3. The molecule has 0 unspecified atom stereocenters. The molecule has 0 bridgehead atoms. The van der Waals surface area contributed by atoms with Crippen LogP contribution in [0.2, 0.25) is 5.02 Å². The first-order valence-electron chi connectivity index (χ1n) is 8.78. The van der Waals surface area contributed by atoms with Crippen molar-refractivity contribution in [1.29, 1.82) is 5.26 Å². The van der Waals surface area contributed by atoms with Crippen LogP contribution in [0.1, 0.15) is 25.0 Å². The van der Waals surface area contributed by atoms with Crippen LogP contribution in [0.25, 0.3) is 5.70 Å². The van der Waals surface area contributed by atoms with Gasteiger partial charge in [0.2, 0.25) is 0 Å². The van der Waals surface area contributed by atoms with Crippen molar-refractivity contribution in [2.75, 3.05) is 6.61 Å². The number of rotatable bonds is 6. The van der Waals surface area contributed by atoms with E-state index in [0.717, 1.165) is 28.3 Å². The van der Waals surface area contributed by atoms with Gasteiger partial charge in [0.25, 0.3) is 0 Å². The Morgan fingerprint density at radius 3 is 2.59 bits per heavy atom. The predicted octanol–water partition coefficient (Wildman–Crippen LogP) is 4.67. The van der Waals surface area contributed by atoms with Gasteiger partial charge in [0.1, 0.15) is 18.4 Å². The normalized spacial score (nSPS) is 14.6. The molecule has 0 fully saturated rings. The van der Waals surface area contributed by atoms with Gasteiger partial charge in [0.05, 0.1) is 22.0 Å². The zero-order chi connectivity index (χ0) is 20.8. The molecule has 3 rings (SSSR count). The topological polar surface area (TPSA) is 95.5 Å². The lowest BCUT2D eigenvalue weighted by Gasteiger charge is -2.13. The second-order valence-electron chi connectivity index (χ2n) is 6.32. The fourth-order valence-corrected chi connectivity index (χ4v) is 3.42. The van der Waals surface area contributed by atoms with Crippen LogP contribution >= 0.6 is 23.5 Å². The molecule has 0 aromatic heterocycles. The number of benzene rings is 2. The Bertz CT molecular complexity index is 1030. The maximum Gasteiger partial charge on any atom is 0.119 e. The lowest BCUT2D eigenvalue weighted by atomic mass is 10.1. The maximum absolute atomic E-state index is 8.99. The van der Waals surface area contributed by atoms with Gasteiger partial charge in [0, 0.05) is 22.4 Å². The number of hydrogen-bond acceptors (Lipinski definition) is 7. The van der Waals surface area contributed by atoms with Crippen molar-refractivity contribution in [3.8, 4) is 11.8 Å². The average Bonchev–Trinajstić information content (AvgIpc) is 3.23. The van der Waals surface area contributed by atoms with Crippen LogP contribution in [-0.4, -0.2) is 12.3 Å². The Balaban J connectivity index is 1.71. The van der Waals surface area contributed by atoms with Crippen molar-refractivity contribution in [3.05, 3.63) is 75.3 Å². The molecular formula is C21H20ClN5OS. The summed E-state index contributed by atoms with van der Waals surface area (Å²) in [6, 6.07) is 14.9. The van der Waals surface area contributed by atoms with Crippen molar-refractivity contribution in [2.24, 2.45) is 10.7 Å². The third-order valence-corrected chi connectivity index (χ3v) is 5.14. The van der Waals surface area contributed by atoms with Gasteiger partial charge in [-0.05, 0) is 73.8 Å². The molecule has 148 valence electrons. The van der Waals surface area contributed by atoms with Gasteiger partial charge in [-0.1, -0.05) is 11.6 Å². The summed E-state index contributed by atoms with van der Waals surface area (Å²) >= 11 is 7.58. The average molecular weight is 426 g/mol. The molecule has 6 nitrogen and oxygen atoms in total. The van der Waals surface area contributed by atoms with Crippen molar-refractivity contribution in [1.82, 2.24) is 10.3 Å². The van der Waals surface area contributed by atoms with Crippen molar-refractivity contribution < 1.29 is 4.74 Å². The summed E-state index contributed by atoms with van der Waals surface area (Å²) in [6.45, 7) is 3.97. The van der Waals surface area contributed by atoms with Gasteiger partial charge in [-0.3, -0.25) is 4.99 Å². The van der Waals surface area contributed by atoms with Gasteiger partial charge in [-0.2, -0.15) is 10.1 Å². The summed E-state index contributed by atoms with van der Waals surface area (Å²) < 4.78 is 5.92. The lowest BCUT2D eigenvalue weighted by molar-refractivity contribution is 0.356. The second kappa shape index (κ2) is 9.52. The van der Waals surface area contributed by atoms with E-state index in [1.54, 1.807) is 18.2 Å². The van der Waals surface area contributed by atoms with Gasteiger partial charge < -0.3 is 15.9 Å². The van der Waals surface area contributed by atoms with Crippen LogP contribution in [0.15, 0.2) is 64.1 Å². The number of aliphatic imine (C=N–C) groups is 1. The van der Waals surface area contributed by atoms with E-state index in [1.807, 2.05) is 49.6 Å². The maximum atomic E-state index is 8.99. The number of hydrazine groups is 1. The van der Waals surface area contributed by atoms with Crippen LogP contribution in [0.3, 0.4) is 0 Å². The minimum absolute atomic E-state index is 0.291. The number of allylic oxidation sites excluding steroid dienone is 1. The van der Waals surface area contributed by atoms with Gasteiger partial charge in [-0.15, -0.1) is 0 Å². The van der Waals surface area contributed by atoms with E-state index in [-0.39, 0.29) is 0 Å².